The zero-order valence-corrected chi connectivity index (χ0v) is 12.9. The smallest absolute Gasteiger partial charge is 0.356 e. The Hall–Kier alpha value is -2.83. The number of ether oxygens (including phenoxy) is 2. The van der Waals surface area contributed by atoms with E-state index in [1.54, 1.807) is 14.2 Å². The molecule has 0 spiro atoms. The lowest BCUT2D eigenvalue weighted by molar-refractivity contribution is 0.0690. The SMILES string of the molecule is COc1cc2c(cc1OC)CN(c1cnc(C(=O)O)cn1)CC2. The predicted octanol–water partition coefficient (Wildman–Crippen LogP) is 1.75. The summed E-state index contributed by atoms with van der Waals surface area (Å²) in [5, 5.41) is 8.88. The van der Waals surface area contributed by atoms with Gasteiger partial charge in [-0.15, -0.1) is 0 Å². The van der Waals surface area contributed by atoms with Crippen LogP contribution in [-0.2, 0) is 13.0 Å². The number of benzene rings is 1. The molecular weight excluding hydrogens is 298 g/mol. The predicted molar refractivity (Wildman–Crippen MR) is 83.3 cm³/mol. The molecule has 0 aliphatic carbocycles. The summed E-state index contributed by atoms with van der Waals surface area (Å²) in [4.78, 5) is 21.0. The van der Waals surface area contributed by atoms with Gasteiger partial charge in [0.25, 0.3) is 0 Å². The minimum absolute atomic E-state index is 0.0578. The molecule has 7 heteroatoms. The van der Waals surface area contributed by atoms with Crippen molar-refractivity contribution in [1.29, 1.82) is 0 Å². The summed E-state index contributed by atoms with van der Waals surface area (Å²) < 4.78 is 10.7. The molecule has 7 nitrogen and oxygen atoms in total. The lowest BCUT2D eigenvalue weighted by atomic mass is 9.99. The van der Waals surface area contributed by atoms with E-state index >= 15 is 0 Å². The molecule has 1 aromatic heterocycles. The number of carboxylic acids is 1. The van der Waals surface area contributed by atoms with Gasteiger partial charge in [0, 0.05) is 13.1 Å². The molecule has 1 aliphatic rings. The van der Waals surface area contributed by atoms with Gasteiger partial charge < -0.3 is 19.5 Å². The van der Waals surface area contributed by atoms with Gasteiger partial charge in [0.1, 0.15) is 5.82 Å². The molecule has 0 bridgehead atoms. The van der Waals surface area contributed by atoms with E-state index in [1.807, 2.05) is 12.1 Å². The summed E-state index contributed by atoms with van der Waals surface area (Å²) >= 11 is 0. The molecule has 2 aromatic rings. The van der Waals surface area contributed by atoms with Gasteiger partial charge in [-0.05, 0) is 29.7 Å². The second kappa shape index (κ2) is 6.12. The zero-order valence-electron chi connectivity index (χ0n) is 12.9. The minimum atomic E-state index is -1.08. The summed E-state index contributed by atoms with van der Waals surface area (Å²) in [7, 11) is 3.24. The maximum absolute atomic E-state index is 10.8. The van der Waals surface area contributed by atoms with Crippen molar-refractivity contribution < 1.29 is 19.4 Å². The molecule has 120 valence electrons. The molecular formula is C16H17N3O4. The number of fused-ring (bicyclic) bond motifs is 1. The van der Waals surface area contributed by atoms with Crippen LogP contribution in [0.3, 0.4) is 0 Å². The molecule has 3 rings (SSSR count). The maximum atomic E-state index is 10.8. The number of aromatic carboxylic acids is 1. The van der Waals surface area contributed by atoms with E-state index in [0.29, 0.717) is 18.1 Å². The van der Waals surface area contributed by atoms with Crippen LogP contribution in [0.1, 0.15) is 21.6 Å². The van der Waals surface area contributed by atoms with Crippen molar-refractivity contribution in [2.45, 2.75) is 13.0 Å². The van der Waals surface area contributed by atoms with Gasteiger partial charge in [0.2, 0.25) is 0 Å². The fourth-order valence-electron chi connectivity index (χ4n) is 2.67. The summed E-state index contributed by atoms with van der Waals surface area (Å²) in [5.41, 5.74) is 2.30. The Kier molecular flexibility index (Phi) is 4.01. The van der Waals surface area contributed by atoms with Crippen molar-refractivity contribution in [2.75, 3.05) is 25.7 Å². The second-order valence-corrected chi connectivity index (χ2v) is 5.21. The Morgan fingerprint density at radius 1 is 1.13 bits per heavy atom. The molecule has 1 aromatic carbocycles. The third kappa shape index (κ3) is 2.90. The average molecular weight is 315 g/mol. The van der Waals surface area contributed by atoms with Crippen LogP contribution in [-0.4, -0.2) is 41.8 Å². The molecule has 0 saturated carbocycles. The Labute approximate surface area is 133 Å². The maximum Gasteiger partial charge on any atom is 0.356 e. The minimum Gasteiger partial charge on any atom is -0.493 e. The highest BCUT2D eigenvalue weighted by Gasteiger charge is 2.21. The fourth-order valence-corrected chi connectivity index (χ4v) is 2.67. The van der Waals surface area contributed by atoms with Crippen LogP contribution in [0.2, 0.25) is 0 Å². The number of nitrogens with zero attached hydrogens (tertiary/aromatic N) is 3. The summed E-state index contributed by atoms with van der Waals surface area (Å²) in [6, 6.07) is 3.98. The van der Waals surface area contributed by atoms with Crippen LogP contribution in [0, 0.1) is 0 Å². The molecule has 1 N–H and O–H groups in total. The Balaban J connectivity index is 1.86. The number of hydrogen-bond donors (Lipinski definition) is 1. The van der Waals surface area contributed by atoms with Crippen molar-refractivity contribution in [3.63, 3.8) is 0 Å². The molecule has 0 fully saturated rings. The van der Waals surface area contributed by atoms with Crippen molar-refractivity contribution in [1.82, 2.24) is 9.97 Å². The van der Waals surface area contributed by atoms with Gasteiger partial charge in [-0.2, -0.15) is 0 Å². The molecule has 0 radical (unpaired) electrons. The Morgan fingerprint density at radius 2 is 1.83 bits per heavy atom. The van der Waals surface area contributed by atoms with Crippen molar-refractivity contribution in [3.8, 4) is 11.5 Å². The van der Waals surface area contributed by atoms with Crippen molar-refractivity contribution in [3.05, 3.63) is 41.3 Å². The zero-order chi connectivity index (χ0) is 16.4. The van der Waals surface area contributed by atoms with E-state index in [4.69, 9.17) is 14.6 Å². The summed E-state index contributed by atoms with van der Waals surface area (Å²) in [6.45, 7) is 1.44. The third-order valence-corrected chi connectivity index (χ3v) is 3.90. The van der Waals surface area contributed by atoms with Gasteiger partial charge in [0.05, 0.1) is 26.6 Å². The van der Waals surface area contributed by atoms with Crippen LogP contribution in [0.4, 0.5) is 5.82 Å². The first-order valence-corrected chi connectivity index (χ1v) is 7.16. The Bertz CT molecular complexity index is 731. The number of rotatable bonds is 4. The molecule has 2 heterocycles. The number of anilines is 1. The summed E-state index contributed by atoms with van der Waals surface area (Å²) in [6.07, 6.45) is 3.62. The number of aromatic nitrogens is 2. The average Bonchev–Trinajstić information content (AvgIpc) is 2.60. The molecule has 0 atom stereocenters. The van der Waals surface area contributed by atoms with E-state index in [-0.39, 0.29) is 5.69 Å². The van der Waals surface area contributed by atoms with Crippen molar-refractivity contribution >= 4 is 11.8 Å². The number of carboxylic acid groups (broad SMARTS) is 1. The van der Waals surface area contributed by atoms with E-state index < -0.39 is 5.97 Å². The van der Waals surface area contributed by atoms with Gasteiger partial charge in [-0.1, -0.05) is 0 Å². The number of methoxy groups -OCH3 is 2. The number of hydrogen-bond acceptors (Lipinski definition) is 6. The molecule has 0 saturated heterocycles. The van der Waals surface area contributed by atoms with E-state index in [9.17, 15) is 4.79 Å². The van der Waals surface area contributed by atoms with Gasteiger partial charge in [-0.3, -0.25) is 0 Å². The highest BCUT2D eigenvalue weighted by Crippen LogP contribution is 2.33. The van der Waals surface area contributed by atoms with Crippen molar-refractivity contribution in [2.24, 2.45) is 0 Å². The Morgan fingerprint density at radius 3 is 2.39 bits per heavy atom. The van der Waals surface area contributed by atoms with E-state index in [1.165, 1.54) is 18.0 Å². The van der Waals surface area contributed by atoms with Gasteiger partial charge in [0.15, 0.2) is 17.2 Å². The quantitative estimate of drug-likeness (QED) is 0.920. The van der Waals surface area contributed by atoms with E-state index in [0.717, 1.165) is 24.3 Å². The lowest BCUT2D eigenvalue weighted by Gasteiger charge is -2.30. The standard InChI is InChI=1S/C16H17N3O4/c1-22-13-5-10-3-4-19(9-11(10)6-14(13)23-2)15-8-17-12(7-18-15)16(20)21/h5-8H,3-4,9H2,1-2H3,(H,20,21). The van der Waals surface area contributed by atoms with Crippen LogP contribution >= 0.6 is 0 Å². The second-order valence-electron chi connectivity index (χ2n) is 5.21. The molecule has 1 aliphatic heterocycles. The van der Waals surface area contributed by atoms with Crippen LogP contribution in [0.25, 0.3) is 0 Å². The van der Waals surface area contributed by atoms with Crippen LogP contribution in [0.15, 0.2) is 24.5 Å². The normalized spacial score (nSPS) is 13.4. The van der Waals surface area contributed by atoms with Crippen LogP contribution in [0.5, 0.6) is 11.5 Å². The highest BCUT2D eigenvalue weighted by molar-refractivity contribution is 5.84. The van der Waals surface area contributed by atoms with Gasteiger partial charge in [-0.25, -0.2) is 14.8 Å². The van der Waals surface area contributed by atoms with Crippen LogP contribution < -0.4 is 14.4 Å². The fraction of sp³-hybridized carbons (Fsp3) is 0.312. The summed E-state index contributed by atoms with van der Waals surface area (Å²) in [5.74, 6) is 1.01. The molecule has 23 heavy (non-hydrogen) atoms. The lowest BCUT2D eigenvalue weighted by Crippen LogP contribution is -2.31. The molecule has 0 amide bonds. The highest BCUT2D eigenvalue weighted by atomic mass is 16.5. The van der Waals surface area contributed by atoms with E-state index in [2.05, 4.69) is 14.9 Å². The first-order chi connectivity index (χ1) is 11.1. The number of carbonyl (C=O) groups is 1. The first-order valence-electron chi connectivity index (χ1n) is 7.16. The monoisotopic (exact) mass is 315 g/mol. The largest absolute Gasteiger partial charge is 0.493 e. The third-order valence-electron chi connectivity index (χ3n) is 3.90. The molecule has 0 unspecified atom stereocenters. The topological polar surface area (TPSA) is 84.8 Å². The first kappa shape index (κ1) is 15.1. The van der Waals surface area contributed by atoms with Gasteiger partial charge >= 0.3 is 5.97 Å².